The van der Waals surface area contributed by atoms with Crippen LogP contribution >= 0.6 is 27.5 Å². The van der Waals surface area contributed by atoms with Crippen LogP contribution in [0, 0.1) is 0 Å². The van der Waals surface area contributed by atoms with Gasteiger partial charge in [0.25, 0.3) is 6.43 Å². The fourth-order valence-electron chi connectivity index (χ4n) is 1.28. The van der Waals surface area contributed by atoms with Gasteiger partial charge in [-0.25, -0.2) is 8.78 Å². The van der Waals surface area contributed by atoms with Crippen LogP contribution in [0.25, 0.3) is 0 Å². The quantitative estimate of drug-likeness (QED) is 0.629. The molecule has 0 radical (unpaired) electrons. The van der Waals surface area contributed by atoms with Gasteiger partial charge in [0.2, 0.25) is 0 Å². The van der Waals surface area contributed by atoms with Crippen LogP contribution in [0.1, 0.15) is 23.2 Å². The van der Waals surface area contributed by atoms with Crippen molar-refractivity contribution in [3.05, 3.63) is 28.0 Å². The van der Waals surface area contributed by atoms with Gasteiger partial charge in [0, 0.05) is 17.1 Å². The molecular formula is C10H9BrClF2NO2. The zero-order valence-electron chi connectivity index (χ0n) is 8.84. The number of esters is 1. The number of hydrogen-bond acceptors (Lipinski definition) is 3. The molecule has 0 bridgehead atoms. The molecule has 0 unspecified atom stereocenters. The van der Waals surface area contributed by atoms with Gasteiger partial charge in [-0.3, -0.25) is 9.78 Å². The monoisotopic (exact) mass is 327 g/mol. The number of ether oxygens (including phenoxy) is 1. The van der Waals surface area contributed by atoms with Crippen LogP contribution < -0.4 is 0 Å². The first-order valence-electron chi connectivity index (χ1n) is 4.58. The topological polar surface area (TPSA) is 39.2 Å². The Labute approximate surface area is 110 Å². The van der Waals surface area contributed by atoms with E-state index < -0.39 is 12.4 Å². The van der Waals surface area contributed by atoms with Crippen LogP contribution in [0.4, 0.5) is 8.78 Å². The van der Waals surface area contributed by atoms with E-state index in [-0.39, 0.29) is 27.9 Å². The molecule has 0 atom stereocenters. The Balaban J connectivity index is 3.21. The molecule has 0 aromatic carbocycles. The summed E-state index contributed by atoms with van der Waals surface area (Å²) in [6.07, 6.45) is -1.81. The molecule has 7 heteroatoms. The summed E-state index contributed by atoms with van der Waals surface area (Å²) in [5.74, 6) is -0.614. The highest BCUT2D eigenvalue weighted by atomic mass is 79.9. The van der Waals surface area contributed by atoms with Crippen LogP contribution in [0.5, 0.6) is 0 Å². The third-order valence-corrected chi connectivity index (χ3v) is 3.07. The molecular weight excluding hydrogens is 319 g/mol. The van der Waals surface area contributed by atoms with Gasteiger partial charge in [0.05, 0.1) is 24.2 Å². The summed E-state index contributed by atoms with van der Waals surface area (Å²) in [6, 6.07) is 0. The van der Waals surface area contributed by atoms with Crippen molar-refractivity contribution in [2.45, 2.75) is 18.2 Å². The summed E-state index contributed by atoms with van der Waals surface area (Å²) >= 11 is 8.91. The largest absolute Gasteiger partial charge is 0.469 e. The molecule has 0 saturated carbocycles. The maximum Gasteiger partial charge on any atom is 0.310 e. The molecule has 0 N–H and O–H groups in total. The second-order valence-electron chi connectivity index (χ2n) is 3.15. The number of hydrogen-bond donors (Lipinski definition) is 0. The van der Waals surface area contributed by atoms with Crippen molar-refractivity contribution >= 4 is 33.5 Å². The van der Waals surface area contributed by atoms with Crippen LogP contribution in [0.3, 0.4) is 0 Å². The summed E-state index contributed by atoms with van der Waals surface area (Å²) in [7, 11) is 1.19. The number of nitrogens with zero attached hydrogens (tertiary/aromatic N) is 1. The smallest absolute Gasteiger partial charge is 0.310 e. The van der Waals surface area contributed by atoms with Gasteiger partial charge >= 0.3 is 5.97 Å². The Morgan fingerprint density at radius 3 is 2.76 bits per heavy atom. The molecule has 1 aromatic rings. The van der Waals surface area contributed by atoms with E-state index in [0.29, 0.717) is 5.69 Å². The van der Waals surface area contributed by atoms with Gasteiger partial charge in [-0.2, -0.15) is 0 Å². The van der Waals surface area contributed by atoms with Crippen molar-refractivity contribution in [1.82, 2.24) is 4.98 Å². The number of alkyl halides is 3. The Morgan fingerprint density at radius 2 is 2.29 bits per heavy atom. The van der Waals surface area contributed by atoms with Gasteiger partial charge in [0.1, 0.15) is 0 Å². The summed E-state index contributed by atoms with van der Waals surface area (Å²) in [4.78, 5) is 15.0. The number of carbonyl (C=O) groups excluding carboxylic acids is 1. The predicted octanol–water partition coefficient (Wildman–Crippen LogP) is 3.28. The summed E-state index contributed by atoms with van der Waals surface area (Å²) in [6.45, 7) is 0. The third kappa shape index (κ3) is 3.35. The number of carbonyl (C=O) groups is 1. The van der Waals surface area contributed by atoms with Crippen molar-refractivity contribution in [1.29, 1.82) is 0 Å². The minimum Gasteiger partial charge on any atom is -0.469 e. The molecule has 94 valence electrons. The van der Waals surface area contributed by atoms with Crippen LogP contribution in [-0.4, -0.2) is 18.1 Å². The van der Waals surface area contributed by atoms with Crippen LogP contribution in [0.2, 0.25) is 5.02 Å². The van der Waals surface area contributed by atoms with E-state index >= 15 is 0 Å². The Hall–Kier alpha value is -0.750. The first-order chi connectivity index (χ1) is 8.01. The number of halogens is 4. The maximum absolute atomic E-state index is 12.9. The minimum atomic E-state index is -2.76. The van der Waals surface area contributed by atoms with Gasteiger partial charge in [-0.1, -0.05) is 27.5 Å². The van der Waals surface area contributed by atoms with Gasteiger partial charge < -0.3 is 4.74 Å². The van der Waals surface area contributed by atoms with E-state index in [2.05, 4.69) is 25.7 Å². The molecule has 0 saturated heterocycles. The second kappa shape index (κ2) is 6.26. The second-order valence-corrected chi connectivity index (χ2v) is 4.08. The minimum absolute atomic E-state index is 0.0848. The standard InChI is InChI=1S/C10H9BrClF2NO2/c1-17-7(16)2-5-4-15-6(3-11)9(12)8(5)10(13)14/h4,10H,2-3H2,1H3. The van der Waals surface area contributed by atoms with Gasteiger partial charge in [0.15, 0.2) is 0 Å². The van der Waals surface area contributed by atoms with E-state index in [1.54, 1.807) is 0 Å². The lowest BCUT2D eigenvalue weighted by Gasteiger charge is -2.11. The molecule has 0 amide bonds. The van der Waals surface area contributed by atoms with E-state index in [0.717, 1.165) is 0 Å². The average Bonchev–Trinajstić information content (AvgIpc) is 2.28. The third-order valence-electron chi connectivity index (χ3n) is 2.12. The number of methoxy groups -OCH3 is 1. The summed E-state index contributed by atoms with van der Waals surface area (Å²) in [5.41, 5.74) is 0.0404. The molecule has 1 heterocycles. The Morgan fingerprint density at radius 1 is 1.65 bits per heavy atom. The molecule has 0 aliphatic carbocycles. The fourth-order valence-corrected chi connectivity index (χ4v) is 2.18. The van der Waals surface area contributed by atoms with E-state index in [9.17, 15) is 13.6 Å². The highest BCUT2D eigenvalue weighted by Crippen LogP contribution is 2.33. The Bertz CT molecular complexity index is 429. The van der Waals surface area contributed by atoms with Crippen molar-refractivity contribution in [2.24, 2.45) is 0 Å². The van der Waals surface area contributed by atoms with Crippen LogP contribution in [-0.2, 0) is 21.3 Å². The average molecular weight is 329 g/mol. The van der Waals surface area contributed by atoms with Gasteiger partial charge in [-0.15, -0.1) is 0 Å². The number of pyridine rings is 1. The van der Waals surface area contributed by atoms with E-state index in [1.165, 1.54) is 13.3 Å². The van der Waals surface area contributed by atoms with E-state index in [4.69, 9.17) is 11.6 Å². The lowest BCUT2D eigenvalue weighted by atomic mass is 10.1. The maximum atomic E-state index is 12.9. The highest BCUT2D eigenvalue weighted by Gasteiger charge is 2.22. The zero-order chi connectivity index (χ0) is 13.0. The molecule has 3 nitrogen and oxygen atoms in total. The molecule has 1 rings (SSSR count). The first-order valence-corrected chi connectivity index (χ1v) is 6.08. The van der Waals surface area contributed by atoms with Gasteiger partial charge in [-0.05, 0) is 5.56 Å². The SMILES string of the molecule is COC(=O)Cc1cnc(CBr)c(Cl)c1C(F)F. The zero-order valence-corrected chi connectivity index (χ0v) is 11.2. The molecule has 0 aliphatic heterocycles. The lowest BCUT2D eigenvalue weighted by molar-refractivity contribution is -0.139. The molecule has 17 heavy (non-hydrogen) atoms. The summed E-state index contributed by atoms with van der Waals surface area (Å²) < 4.78 is 30.2. The van der Waals surface area contributed by atoms with Crippen molar-refractivity contribution in [2.75, 3.05) is 7.11 Å². The molecule has 0 spiro atoms. The molecule has 0 aliphatic rings. The lowest BCUT2D eigenvalue weighted by Crippen LogP contribution is -2.09. The van der Waals surface area contributed by atoms with Crippen molar-refractivity contribution in [3.63, 3.8) is 0 Å². The predicted molar refractivity (Wildman–Crippen MR) is 62.6 cm³/mol. The molecule has 1 aromatic heterocycles. The Kier molecular flexibility index (Phi) is 5.27. The first kappa shape index (κ1) is 14.3. The van der Waals surface area contributed by atoms with Crippen molar-refractivity contribution < 1.29 is 18.3 Å². The number of aromatic nitrogens is 1. The van der Waals surface area contributed by atoms with Crippen molar-refractivity contribution in [3.8, 4) is 0 Å². The molecule has 0 fully saturated rings. The van der Waals surface area contributed by atoms with Crippen LogP contribution in [0.15, 0.2) is 6.20 Å². The number of rotatable bonds is 4. The summed E-state index contributed by atoms with van der Waals surface area (Å²) in [5, 5.41) is 0.155. The normalized spacial score (nSPS) is 10.7. The fraction of sp³-hybridized carbons (Fsp3) is 0.400. The van der Waals surface area contributed by atoms with E-state index in [1.807, 2.05) is 0 Å². The highest BCUT2D eigenvalue weighted by molar-refractivity contribution is 9.08.